The largest absolute Gasteiger partial charge is 3.00 e. The zero-order valence-electron chi connectivity index (χ0n) is 4.16. The molecule has 0 aromatic heterocycles. The molecule has 0 N–H and O–H groups in total. The molecule has 0 spiro atoms. The third kappa shape index (κ3) is 34.2. The van der Waals surface area contributed by atoms with Crippen molar-refractivity contribution in [2.75, 3.05) is 0 Å². The maximum Gasteiger partial charge on any atom is 3.00 e. The molecule has 3 nitrogen and oxygen atoms in total. The Kier molecular flexibility index (Phi) is 47.1. The van der Waals surface area contributed by atoms with E-state index < -0.39 is 5.97 Å². The summed E-state index contributed by atoms with van der Waals surface area (Å²) in [5.74, 6) is -1.23. The molecule has 0 bridgehead atoms. The van der Waals surface area contributed by atoms with E-state index in [0.717, 1.165) is 6.08 Å². The van der Waals surface area contributed by atoms with E-state index in [2.05, 4.69) is 6.58 Å². The molecule has 5 heteroatoms. The molecule has 0 radical (unpaired) electrons. The molecule has 0 aliphatic heterocycles. The molecule has 0 aromatic rings. The standard InChI is InChI=1S/C3H4O2.2Al.O/c1-2-3(4)5;;;/h2H,1H2,(H,4,5);;;/q;2*+3;-2/p-1. The zero-order valence-corrected chi connectivity index (χ0v) is 6.47. The predicted molar refractivity (Wildman–Crippen MR) is 27.4 cm³/mol. The predicted octanol–water partition coefficient (Wildman–Crippen LogP) is -1.96. The van der Waals surface area contributed by atoms with Crippen LogP contribution in [0, 0.1) is 0 Å². The van der Waals surface area contributed by atoms with Crippen molar-refractivity contribution in [3.63, 3.8) is 0 Å². The molecule has 0 atom stereocenters. The van der Waals surface area contributed by atoms with Gasteiger partial charge in [0.15, 0.2) is 0 Å². The third-order valence-electron chi connectivity index (χ3n) is 0.167. The van der Waals surface area contributed by atoms with Crippen LogP contribution in [0.5, 0.6) is 0 Å². The van der Waals surface area contributed by atoms with E-state index >= 15 is 0 Å². The van der Waals surface area contributed by atoms with Crippen LogP contribution in [0.1, 0.15) is 0 Å². The second kappa shape index (κ2) is 15.7. The van der Waals surface area contributed by atoms with Gasteiger partial charge in [-0.2, -0.15) is 0 Å². The van der Waals surface area contributed by atoms with Gasteiger partial charge in [-0.25, -0.2) is 0 Å². The second-order valence-electron chi connectivity index (χ2n) is 0.523. The van der Waals surface area contributed by atoms with Gasteiger partial charge in [0.05, 0.1) is 5.97 Å². The summed E-state index contributed by atoms with van der Waals surface area (Å²) in [6.45, 7) is 2.90. The molecule has 0 aliphatic rings. The minimum absolute atomic E-state index is 0. The first-order valence-electron chi connectivity index (χ1n) is 1.11. The summed E-state index contributed by atoms with van der Waals surface area (Å²) >= 11 is 0. The van der Waals surface area contributed by atoms with Crippen molar-refractivity contribution in [2.24, 2.45) is 0 Å². The third-order valence-corrected chi connectivity index (χ3v) is 0.167. The van der Waals surface area contributed by atoms with Crippen LogP contribution >= 0.6 is 0 Å². The number of carboxylic acids is 1. The molecule has 0 fully saturated rings. The van der Waals surface area contributed by atoms with Gasteiger partial charge in [-0.15, -0.1) is 0 Å². The first-order valence-corrected chi connectivity index (χ1v) is 1.11. The Morgan fingerprint density at radius 1 is 1.50 bits per heavy atom. The van der Waals surface area contributed by atoms with Crippen LogP contribution in [0.25, 0.3) is 0 Å². The second-order valence-corrected chi connectivity index (χ2v) is 0.523. The summed E-state index contributed by atoms with van der Waals surface area (Å²) < 4.78 is 0. The Bertz CT molecular complexity index is 63.5. The van der Waals surface area contributed by atoms with Gasteiger partial charge in [-0.05, 0) is 6.08 Å². The number of rotatable bonds is 1. The van der Waals surface area contributed by atoms with E-state index in [4.69, 9.17) is 9.90 Å². The van der Waals surface area contributed by atoms with E-state index in [9.17, 15) is 0 Å². The van der Waals surface area contributed by atoms with Gasteiger partial charge in [0.1, 0.15) is 0 Å². The molecule has 8 heavy (non-hydrogen) atoms. The van der Waals surface area contributed by atoms with Crippen LogP contribution < -0.4 is 5.11 Å². The van der Waals surface area contributed by atoms with Crippen molar-refractivity contribution in [1.29, 1.82) is 0 Å². The summed E-state index contributed by atoms with van der Waals surface area (Å²) in [7, 11) is 0. The fraction of sp³-hybridized carbons (Fsp3) is 0. The van der Waals surface area contributed by atoms with Crippen molar-refractivity contribution in [3.05, 3.63) is 12.7 Å². The number of aliphatic carboxylic acids is 1. The first-order chi connectivity index (χ1) is 2.27. The molecule has 0 amide bonds. The van der Waals surface area contributed by atoms with E-state index in [1.807, 2.05) is 0 Å². The molecule has 36 valence electrons. The Morgan fingerprint density at radius 2 is 1.62 bits per heavy atom. The molecule has 0 saturated carbocycles. The number of hydrogen-bond donors (Lipinski definition) is 0. The Labute approximate surface area is 69.0 Å². The summed E-state index contributed by atoms with van der Waals surface area (Å²) in [4.78, 5) is 9.14. The van der Waals surface area contributed by atoms with Crippen LogP contribution in [-0.2, 0) is 10.3 Å². The topological polar surface area (TPSA) is 68.6 Å². The minimum atomic E-state index is -1.23. The van der Waals surface area contributed by atoms with Crippen molar-refractivity contribution >= 4 is 40.7 Å². The SMILES string of the molecule is C=CC(=O)[O-].[Al+3].[Al+3].[O-2]. The Hall–Kier alpha value is 0.235. The van der Waals surface area contributed by atoms with Crippen molar-refractivity contribution < 1.29 is 15.4 Å². The molecule has 0 aromatic carbocycles. The number of carboxylic acid groups (broad SMARTS) is 1. The summed E-state index contributed by atoms with van der Waals surface area (Å²) in [6.07, 6.45) is 0.722. The van der Waals surface area contributed by atoms with Gasteiger partial charge >= 0.3 is 34.7 Å². The molecular weight excluding hydrogens is 138 g/mol. The molecule has 0 saturated heterocycles. The van der Waals surface area contributed by atoms with Gasteiger partial charge < -0.3 is 15.4 Å². The number of carbonyl (C=O) groups is 1. The van der Waals surface area contributed by atoms with Gasteiger partial charge in [0, 0.05) is 0 Å². The summed E-state index contributed by atoms with van der Waals surface area (Å²) in [6, 6.07) is 0. The maximum atomic E-state index is 9.14. The fourth-order valence-corrected chi connectivity index (χ4v) is 0. The smallest absolute Gasteiger partial charge is 2.00 e. The van der Waals surface area contributed by atoms with Crippen LogP contribution in [-0.4, -0.2) is 40.7 Å². The zero-order chi connectivity index (χ0) is 4.28. The maximum absolute atomic E-state index is 9.14. The molecule has 0 rings (SSSR count). The summed E-state index contributed by atoms with van der Waals surface area (Å²) in [5.41, 5.74) is 0. The van der Waals surface area contributed by atoms with Gasteiger partial charge in [-0.1, -0.05) is 6.58 Å². The van der Waals surface area contributed by atoms with E-state index in [-0.39, 0.29) is 40.2 Å². The summed E-state index contributed by atoms with van der Waals surface area (Å²) in [5, 5.41) is 9.14. The van der Waals surface area contributed by atoms with Crippen LogP contribution in [0.15, 0.2) is 12.7 Å². The fourth-order valence-electron chi connectivity index (χ4n) is 0. The van der Waals surface area contributed by atoms with E-state index in [0.29, 0.717) is 0 Å². The van der Waals surface area contributed by atoms with Crippen molar-refractivity contribution in [1.82, 2.24) is 0 Å². The Morgan fingerprint density at radius 3 is 1.62 bits per heavy atom. The number of hydrogen-bond acceptors (Lipinski definition) is 2. The average Bonchev–Trinajstić information content (AvgIpc) is 1.38. The van der Waals surface area contributed by atoms with Crippen LogP contribution in [0.4, 0.5) is 0 Å². The van der Waals surface area contributed by atoms with Gasteiger partial charge in [0.25, 0.3) is 0 Å². The molecule has 0 aliphatic carbocycles. The van der Waals surface area contributed by atoms with Crippen molar-refractivity contribution in [3.8, 4) is 0 Å². The normalized spacial score (nSPS) is 4.00. The van der Waals surface area contributed by atoms with Crippen LogP contribution in [0.2, 0.25) is 0 Å². The van der Waals surface area contributed by atoms with Crippen molar-refractivity contribution in [2.45, 2.75) is 0 Å². The minimum Gasteiger partial charge on any atom is -2.00 e. The monoisotopic (exact) mass is 141 g/mol. The van der Waals surface area contributed by atoms with Gasteiger partial charge in [0.2, 0.25) is 0 Å². The van der Waals surface area contributed by atoms with E-state index in [1.54, 1.807) is 0 Å². The van der Waals surface area contributed by atoms with Crippen LogP contribution in [0.3, 0.4) is 0 Å². The van der Waals surface area contributed by atoms with E-state index in [1.165, 1.54) is 0 Å². The molecular formula is C3H3Al2O3+3. The quantitative estimate of drug-likeness (QED) is 0.314. The Balaban J connectivity index is -0.0000000267. The molecule has 0 unspecified atom stereocenters. The van der Waals surface area contributed by atoms with Gasteiger partial charge in [-0.3, -0.25) is 0 Å². The molecule has 0 heterocycles. The number of carbonyl (C=O) groups excluding carboxylic acids is 1. The first kappa shape index (κ1) is 24.0. The average molecular weight is 141 g/mol.